The number of hydrazine groups is 1. The van der Waals surface area contributed by atoms with E-state index in [-0.39, 0.29) is 17.2 Å². The molecule has 6 rings (SSSR count). The molecule has 1 aromatic carbocycles. The summed E-state index contributed by atoms with van der Waals surface area (Å²) in [6.45, 7) is 2.52. The van der Waals surface area contributed by atoms with E-state index >= 15 is 0 Å². The molecule has 1 aliphatic heterocycles. The molecule has 5 fully saturated rings. The maximum Gasteiger partial charge on any atom is 0.285 e. The Hall–Kier alpha value is -1.86. The first kappa shape index (κ1) is 20.1. The number of carbonyl (C=O) groups is 2. The highest BCUT2D eigenvalue weighted by Crippen LogP contribution is 2.60. The number of rotatable bonds is 5. The van der Waals surface area contributed by atoms with Gasteiger partial charge in [0, 0.05) is 0 Å². The fourth-order valence-electron chi connectivity index (χ4n) is 6.19. The lowest BCUT2D eigenvalue weighted by molar-refractivity contribution is -0.152. The van der Waals surface area contributed by atoms with E-state index in [9.17, 15) is 9.59 Å². The molecule has 0 atom stereocenters. The van der Waals surface area contributed by atoms with Crippen LogP contribution in [0.1, 0.15) is 51.0 Å². The predicted molar refractivity (Wildman–Crippen MR) is 121 cm³/mol. The van der Waals surface area contributed by atoms with E-state index in [1.807, 2.05) is 31.2 Å². The number of benzene rings is 1. The van der Waals surface area contributed by atoms with Crippen molar-refractivity contribution in [2.75, 3.05) is 6.61 Å². The molecule has 4 bridgehead atoms. The molecule has 7 heteroatoms. The highest BCUT2D eigenvalue weighted by atomic mass is 32.2. The Morgan fingerprint density at radius 1 is 1.27 bits per heavy atom. The first-order valence-electron chi connectivity index (χ1n) is 10.8. The molecule has 1 heterocycles. The molecule has 30 heavy (non-hydrogen) atoms. The number of nitrogens with zero attached hydrogens (tertiary/aromatic N) is 1. The summed E-state index contributed by atoms with van der Waals surface area (Å²) >= 11 is 6.66. The molecule has 0 unspecified atom stereocenters. The van der Waals surface area contributed by atoms with Crippen LogP contribution in [0.4, 0.5) is 0 Å². The molecule has 5 aliphatic rings. The van der Waals surface area contributed by atoms with Crippen LogP contribution in [0.5, 0.6) is 5.75 Å². The number of ether oxygens (including phenoxy) is 1. The largest absolute Gasteiger partial charge is 0.494 e. The second kappa shape index (κ2) is 7.68. The van der Waals surface area contributed by atoms with Crippen LogP contribution in [0.3, 0.4) is 0 Å². The number of thioether (sulfide) groups is 1. The summed E-state index contributed by atoms with van der Waals surface area (Å²) in [6, 6.07) is 7.59. The quantitative estimate of drug-likeness (QED) is 0.536. The van der Waals surface area contributed by atoms with E-state index < -0.39 is 0 Å². The molecule has 1 saturated heterocycles. The van der Waals surface area contributed by atoms with Crippen molar-refractivity contribution in [2.45, 2.75) is 45.4 Å². The van der Waals surface area contributed by atoms with Crippen LogP contribution >= 0.6 is 24.0 Å². The number of hydrogen-bond acceptors (Lipinski definition) is 5. The van der Waals surface area contributed by atoms with E-state index in [4.69, 9.17) is 17.0 Å². The molecule has 0 spiro atoms. The zero-order valence-electron chi connectivity index (χ0n) is 17.1. The molecule has 0 radical (unpaired) electrons. The minimum absolute atomic E-state index is 0.0162. The standard InChI is InChI=1S/C23H26N2O3S2/c1-2-28-18-5-3-4-14(9-18)10-19-20(26)25(22(29)30-19)24-21(27)23-11-15-6-16(12-23)8-17(7-15)13-23/h3-5,9-10,15-17H,2,6-8,11-13H2,1H3,(H,24,27)/b19-10-. The minimum atomic E-state index is -0.312. The van der Waals surface area contributed by atoms with Gasteiger partial charge in [-0.25, -0.2) is 0 Å². The smallest absolute Gasteiger partial charge is 0.285 e. The number of thiocarbonyl (C=S) groups is 1. The van der Waals surface area contributed by atoms with Crippen molar-refractivity contribution in [1.29, 1.82) is 0 Å². The van der Waals surface area contributed by atoms with Crippen LogP contribution in [-0.4, -0.2) is 27.8 Å². The van der Waals surface area contributed by atoms with Gasteiger partial charge in [-0.1, -0.05) is 23.9 Å². The summed E-state index contributed by atoms with van der Waals surface area (Å²) in [5, 5.41) is 1.28. The Labute approximate surface area is 186 Å². The van der Waals surface area contributed by atoms with Crippen LogP contribution in [0, 0.1) is 23.2 Å². The van der Waals surface area contributed by atoms with Gasteiger partial charge in [0.2, 0.25) is 5.91 Å². The van der Waals surface area contributed by atoms with Gasteiger partial charge in [0.05, 0.1) is 16.9 Å². The average molecular weight is 443 g/mol. The first-order chi connectivity index (χ1) is 14.5. The number of nitrogens with one attached hydrogen (secondary N) is 1. The zero-order valence-corrected chi connectivity index (χ0v) is 18.7. The van der Waals surface area contributed by atoms with Crippen molar-refractivity contribution in [3.8, 4) is 5.75 Å². The van der Waals surface area contributed by atoms with E-state index in [0.717, 1.165) is 30.6 Å². The monoisotopic (exact) mass is 442 g/mol. The number of hydrogen-bond donors (Lipinski definition) is 1. The van der Waals surface area contributed by atoms with Crippen LogP contribution in [0.25, 0.3) is 6.08 Å². The third kappa shape index (κ3) is 3.56. The second-order valence-corrected chi connectivity index (χ2v) is 10.8. The Kier molecular flexibility index (Phi) is 5.14. The predicted octanol–water partition coefficient (Wildman–Crippen LogP) is 4.53. The van der Waals surface area contributed by atoms with Crippen LogP contribution in [-0.2, 0) is 9.59 Å². The van der Waals surface area contributed by atoms with Crippen molar-refractivity contribution >= 4 is 46.2 Å². The molecule has 2 amide bonds. The van der Waals surface area contributed by atoms with Crippen LogP contribution in [0.2, 0.25) is 0 Å². The molecule has 1 N–H and O–H groups in total. The molecule has 5 nitrogen and oxygen atoms in total. The third-order valence-corrected chi connectivity index (χ3v) is 8.30. The van der Waals surface area contributed by atoms with Gasteiger partial charge < -0.3 is 4.74 Å². The van der Waals surface area contributed by atoms with Crippen molar-refractivity contribution in [3.05, 3.63) is 34.7 Å². The van der Waals surface area contributed by atoms with Crippen molar-refractivity contribution < 1.29 is 14.3 Å². The van der Waals surface area contributed by atoms with E-state index in [0.29, 0.717) is 33.6 Å². The summed E-state index contributed by atoms with van der Waals surface area (Å²) in [6.07, 6.45) is 8.50. The Morgan fingerprint density at radius 2 is 1.93 bits per heavy atom. The van der Waals surface area contributed by atoms with Gasteiger partial charge in [0.15, 0.2) is 4.32 Å². The molecule has 1 aromatic rings. The Morgan fingerprint density at radius 3 is 2.57 bits per heavy atom. The lowest BCUT2D eigenvalue weighted by atomic mass is 9.49. The summed E-state index contributed by atoms with van der Waals surface area (Å²) in [7, 11) is 0. The van der Waals surface area contributed by atoms with Gasteiger partial charge in [-0.15, -0.1) is 0 Å². The topological polar surface area (TPSA) is 58.6 Å². The third-order valence-electron chi connectivity index (χ3n) is 6.99. The maximum atomic E-state index is 13.3. The molecule has 4 saturated carbocycles. The van der Waals surface area contributed by atoms with Gasteiger partial charge in [0.1, 0.15) is 5.75 Å². The lowest BCUT2D eigenvalue weighted by Crippen LogP contribution is -2.57. The Bertz CT molecular complexity index is 907. The summed E-state index contributed by atoms with van der Waals surface area (Å²) in [5.41, 5.74) is 3.46. The van der Waals surface area contributed by atoms with E-state index in [1.165, 1.54) is 36.0 Å². The van der Waals surface area contributed by atoms with Crippen LogP contribution < -0.4 is 10.2 Å². The van der Waals surface area contributed by atoms with Crippen molar-refractivity contribution in [3.63, 3.8) is 0 Å². The summed E-state index contributed by atoms with van der Waals surface area (Å²) in [4.78, 5) is 26.8. The molecular formula is C23H26N2O3S2. The van der Waals surface area contributed by atoms with Crippen molar-refractivity contribution in [2.24, 2.45) is 23.2 Å². The minimum Gasteiger partial charge on any atom is -0.494 e. The van der Waals surface area contributed by atoms with Crippen molar-refractivity contribution in [1.82, 2.24) is 10.4 Å². The maximum absolute atomic E-state index is 13.3. The van der Waals surface area contributed by atoms with Gasteiger partial charge in [-0.3, -0.25) is 15.0 Å². The summed E-state index contributed by atoms with van der Waals surface area (Å²) in [5.74, 6) is 2.50. The molecule has 158 valence electrons. The van der Waals surface area contributed by atoms with Crippen LogP contribution in [0.15, 0.2) is 29.2 Å². The molecule has 4 aliphatic carbocycles. The molecular weight excluding hydrogens is 416 g/mol. The van der Waals surface area contributed by atoms with Gasteiger partial charge in [-0.05, 0) is 99.2 Å². The van der Waals surface area contributed by atoms with Gasteiger partial charge >= 0.3 is 0 Å². The SMILES string of the molecule is CCOc1cccc(/C=C2\SC(=S)N(NC(=O)C34CC5CC(CC(C5)C3)C4)C2=O)c1. The van der Waals surface area contributed by atoms with E-state index in [2.05, 4.69) is 5.43 Å². The Balaban J connectivity index is 1.31. The normalized spacial score (nSPS) is 33.4. The second-order valence-electron chi connectivity index (χ2n) is 9.16. The number of carbonyl (C=O) groups excluding carboxylic acids is 2. The molecule has 0 aromatic heterocycles. The van der Waals surface area contributed by atoms with Gasteiger partial charge in [-0.2, -0.15) is 5.01 Å². The van der Waals surface area contributed by atoms with Gasteiger partial charge in [0.25, 0.3) is 5.91 Å². The first-order valence-corrected chi connectivity index (χ1v) is 12.0. The van der Waals surface area contributed by atoms with E-state index in [1.54, 1.807) is 6.08 Å². The zero-order chi connectivity index (χ0) is 20.9. The fraction of sp³-hybridized carbons (Fsp3) is 0.522. The number of amides is 2. The average Bonchev–Trinajstić information content (AvgIpc) is 2.95. The highest BCUT2D eigenvalue weighted by molar-refractivity contribution is 8.26. The fourth-order valence-corrected chi connectivity index (χ4v) is 7.36. The summed E-state index contributed by atoms with van der Waals surface area (Å²) < 4.78 is 5.92. The highest BCUT2D eigenvalue weighted by Gasteiger charge is 2.55. The lowest BCUT2D eigenvalue weighted by Gasteiger charge is -2.55.